The molecule has 0 radical (unpaired) electrons. The van der Waals surface area contributed by atoms with Crippen LogP contribution in [0.1, 0.15) is 52.4 Å². The van der Waals surface area contributed by atoms with Crippen molar-refractivity contribution in [2.75, 3.05) is 33.0 Å². The lowest BCUT2D eigenvalue weighted by atomic mass is 9.88. The van der Waals surface area contributed by atoms with Crippen molar-refractivity contribution in [3.63, 3.8) is 0 Å². The van der Waals surface area contributed by atoms with E-state index >= 15 is 0 Å². The van der Waals surface area contributed by atoms with Gasteiger partial charge in [-0.2, -0.15) is 0 Å². The van der Waals surface area contributed by atoms with Crippen LogP contribution in [0.2, 0.25) is 0 Å². The van der Waals surface area contributed by atoms with Gasteiger partial charge in [-0.05, 0) is 31.4 Å². The maximum atomic E-state index is 12.6. The summed E-state index contributed by atoms with van der Waals surface area (Å²) in [5.41, 5.74) is -0.147. The standard InChI is InChI=1S/C39H59N3O23/c1-18-29(50)34(24(16-44)62-36(18)59-13-5-12-40-26(48)6-3-4-7-27(49)61-21-10-8-20(9-11-21)42(57)58)64-37-33(54)32(53)31(52)25(63-37)17-60-39(38(55)56)14-22(46)28(41-19(2)45)35(65-39)30(51)23(47)15-43/h8-11,18,22-25,28-37,43-44,46-47,50-54H,3-7,12-17H2,1-2H3,(H,40,48)(H,41,45)(H,55,56)/t18-,22+,23?,24?,25?,28+,29?,30?,31-,32?,33-,34+,35?,36+,37-,39+/m0/s1. The van der Waals surface area contributed by atoms with Gasteiger partial charge in [-0.3, -0.25) is 24.5 Å². The summed E-state index contributed by atoms with van der Waals surface area (Å²) in [6.07, 6.45) is -22.3. The van der Waals surface area contributed by atoms with Crippen LogP contribution in [0.4, 0.5) is 5.69 Å². The number of aliphatic hydroxyl groups is 9. The third-order valence-corrected chi connectivity index (χ3v) is 11.0. The molecule has 2 amide bonds. The molecule has 3 aliphatic rings. The van der Waals surface area contributed by atoms with Crippen molar-refractivity contribution in [1.82, 2.24) is 10.6 Å². The SMILES string of the molecule is CC(=O)N[C@H]1C(C(O)C(O)CO)O[C@@](OCC2O[C@@H](O[C@@H]3C(CO)O[C@@H](OCCCNC(=O)CCCCC(=O)Oc4ccc([N+](=O)[O-])cc4)[C@@H](C)C3O)[C@@H](O)C(O)[C@H]2O)(C(=O)O)C[C@H]1O. The maximum absolute atomic E-state index is 12.6. The zero-order valence-corrected chi connectivity index (χ0v) is 35.5. The summed E-state index contributed by atoms with van der Waals surface area (Å²) in [5, 5.41) is 121. The number of ether oxygens (including phenoxy) is 7. The van der Waals surface area contributed by atoms with Gasteiger partial charge in [0.15, 0.2) is 12.6 Å². The van der Waals surface area contributed by atoms with E-state index in [2.05, 4.69) is 10.6 Å². The Morgan fingerprint density at radius 1 is 0.923 bits per heavy atom. The summed E-state index contributed by atoms with van der Waals surface area (Å²) in [7, 11) is 0. The molecule has 0 bridgehead atoms. The summed E-state index contributed by atoms with van der Waals surface area (Å²) in [6.45, 7) is 0.0875. The molecule has 0 spiro atoms. The molecule has 65 heavy (non-hydrogen) atoms. The fourth-order valence-electron chi connectivity index (χ4n) is 7.34. The highest BCUT2D eigenvalue weighted by atomic mass is 16.8. The lowest BCUT2D eigenvalue weighted by Crippen LogP contribution is -2.68. The van der Waals surface area contributed by atoms with Gasteiger partial charge in [0.25, 0.3) is 11.5 Å². The van der Waals surface area contributed by atoms with Crippen molar-refractivity contribution in [1.29, 1.82) is 0 Å². The quantitative estimate of drug-likeness (QED) is 0.0162. The summed E-state index contributed by atoms with van der Waals surface area (Å²) < 4.78 is 39.3. The minimum absolute atomic E-state index is 0.0232. The molecule has 26 nitrogen and oxygen atoms in total. The van der Waals surface area contributed by atoms with Crippen LogP contribution >= 0.6 is 0 Å². The Labute approximate surface area is 371 Å². The van der Waals surface area contributed by atoms with Crippen LogP contribution in [0.25, 0.3) is 0 Å². The lowest BCUT2D eigenvalue weighted by Gasteiger charge is -2.48. The number of non-ortho nitro benzene ring substituents is 1. The number of unbranched alkanes of at least 4 members (excludes halogenated alkanes) is 1. The average Bonchev–Trinajstić information content (AvgIpc) is 3.27. The molecule has 3 aliphatic heterocycles. The van der Waals surface area contributed by atoms with Crippen molar-refractivity contribution in [2.24, 2.45) is 5.92 Å². The van der Waals surface area contributed by atoms with Gasteiger partial charge >= 0.3 is 11.9 Å². The number of esters is 1. The van der Waals surface area contributed by atoms with Gasteiger partial charge < -0.3 is 94.9 Å². The molecule has 0 aromatic heterocycles. The lowest BCUT2D eigenvalue weighted by molar-refractivity contribution is -0.384. The molecular formula is C39H59N3O23. The number of nitro groups is 1. The highest BCUT2D eigenvalue weighted by Crippen LogP contribution is 2.36. The molecule has 3 heterocycles. The third kappa shape index (κ3) is 14.2. The predicted octanol–water partition coefficient (Wildman–Crippen LogP) is -4.34. The molecule has 0 aliphatic carbocycles. The Balaban J connectivity index is 1.25. The maximum Gasteiger partial charge on any atom is 0.364 e. The second-order valence-corrected chi connectivity index (χ2v) is 15.9. The second kappa shape index (κ2) is 24.6. The van der Waals surface area contributed by atoms with Crippen molar-refractivity contribution >= 4 is 29.4 Å². The van der Waals surface area contributed by atoms with E-state index in [4.69, 9.17) is 33.2 Å². The minimum Gasteiger partial charge on any atom is -0.477 e. The molecule has 7 unspecified atom stereocenters. The Hall–Kier alpha value is -4.10. The number of carboxylic acids is 1. The number of nitrogens with one attached hydrogen (secondary N) is 2. The largest absolute Gasteiger partial charge is 0.477 e. The zero-order valence-electron chi connectivity index (χ0n) is 35.5. The molecule has 3 saturated heterocycles. The number of carboxylic acid groups (broad SMARTS) is 1. The van der Waals surface area contributed by atoms with Gasteiger partial charge in [0.2, 0.25) is 11.8 Å². The first kappa shape index (κ1) is 53.5. The molecule has 3 fully saturated rings. The van der Waals surface area contributed by atoms with Crippen molar-refractivity contribution in [3.05, 3.63) is 34.4 Å². The Kier molecular flexibility index (Phi) is 20.3. The first-order valence-electron chi connectivity index (χ1n) is 20.8. The number of carbonyl (C=O) groups excluding carboxylic acids is 3. The normalized spacial score (nSPS) is 33.6. The van der Waals surface area contributed by atoms with Gasteiger partial charge in [-0.1, -0.05) is 6.92 Å². The van der Waals surface area contributed by atoms with Crippen LogP contribution < -0.4 is 15.4 Å². The Morgan fingerprint density at radius 2 is 1.58 bits per heavy atom. The van der Waals surface area contributed by atoms with Gasteiger partial charge in [0.1, 0.15) is 60.7 Å². The average molecular weight is 938 g/mol. The van der Waals surface area contributed by atoms with E-state index < -0.39 is 146 Å². The second-order valence-electron chi connectivity index (χ2n) is 15.9. The molecule has 4 rings (SSSR count). The monoisotopic (exact) mass is 937 g/mol. The van der Waals surface area contributed by atoms with Gasteiger partial charge in [-0.25, -0.2) is 4.79 Å². The number of benzene rings is 1. The van der Waals surface area contributed by atoms with Crippen molar-refractivity contribution in [2.45, 2.75) is 144 Å². The minimum atomic E-state index is -2.84. The molecule has 0 saturated carbocycles. The Bertz CT molecular complexity index is 1720. The van der Waals surface area contributed by atoms with Crippen LogP contribution in [0.3, 0.4) is 0 Å². The van der Waals surface area contributed by atoms with Crippen LogP contribution in [0.5, 0.6) is 5.75 Å². The number of carbonyl (C=O) groups is 4. The number of nitro benzene ring substituents is 1. The summed E-state index contributed by atoms with van der Waals surface area (Å²) in [4.78, 5) is 59.0. The fraction of sp³-hybridized carbons (Fsp3) is 0.744. The first-order valence-corrected chi connectivity index (χ1v) is 20.8. The van der Waals surface area contributed by atoms with Crippen molar-refractivity contribution < 1.29 is 108 Å². The number of amides is 2. The highest BCUT2D eigenvalue weighted by Gasteiger charge is 2.57. The van der Waals surface area contributed by atoms with E-state index in [-0.39, 0.29) is 43.3 Å². The number of aliphatic carboxylic acids is 1. The highest BCUT2D eigenvalue weighted by molar-refractivity contribution is 5.77. The summed E-state index contributed by atoms with van der Waals surface area (Å²) >= 11 is 0. The number of nitrogens with zero attached hydrogens (tertiary/aromatic N) is 1. The van der Waals surface area contributed by atoms with E-state index in [0.29, 0.717) is 19.3 Å². The summed E-state index contributed by atoms with van der Waals surface area (Å²) in [6, 6.07) is 3.54. The molecule has 12 N–H and O–H groups in total. The Morgan fingerprint density at radius 3 is 2.20 bits per heavy atom. The van der Waals surface area contributed by atoms with Gasteiger partial charge in [0, 0.05) is 50.8 Å². The van der Waals surface area contributed by atoms with Crippen molar-refractivity contribution in [3.8, 4) is 5.75 Å². The molecule has 1 aromatic carbocycles. The number of hydrogen-bond acceptors (Lipinski definition) is 22. The van der Waals surface area contributed by atoms with Gasteiger partial charge in [0.05, 0.1) is 49.6 Å². The fourth-order valence-corrected chi connectivity index (χ4v) is 7.34. The third-order valence-electron chi connectivity index (χ3n) is 11.0. The van der Waals surface area contributed by atoms with Gasteiger partial charge in [-0.15, -0.1) is 0 Å². The van der Waals surface area contributed by atoms with E-state index in [0.717, 1.165) is 6.92 Å². The van der Waals surface area contributed by atoms with Crippen LogP contribution in [-0.2, 0) is 47.6 Å². The number of rotatable bonds is 23. The smallest absolute Gasteiger partial charge is 0.364 e. The molecule has 1 aromatic rings. The first-order chi connectivity index (χ1) is 30.7. The molecular weight excluding hydrogens is 878 g/mol. The topological polar surface area (TPSA) is 402 Å². The van der Waals surface area contributed by atoms with E-state index in [9.17, 15) is 80.4 Å². The number of aliphatic hydroxyl groups excluding tert-OH is 9. The molecule has 26 heteroatoms. The van der Waals surface area contributed by atoms with E-state index in [1.807, 2.05) is 0 Å². The van der Waals surface area contributed by atoms with E-state index in [1.54, 1.807) is 0 Å². The predicted molar refractivity (Wildman–Crippen MR) is 212 cm³/mol. The molecule has 368 valence electrons. The zero-order chi connectivity index (χ0) is 48.2. The summed E-state index contributed by atoms with van der Waals surface area (Å²) in [5.74, 6) is -6.97. The molecule has 16 atom stereocenters. The van der Waals surface area contributed by atoms with Crippen LogP contribution in [-0.4, -0.2) is 204 Å². The van der Waals surface area contributed by atoms with Crippen LogP contribution in [0, 0.1) is 16.0 Å². The van der Waals surface area contributed by atoms with E-state index in [1.165, 1.54) is 31.2 Å². The number of hydrogen-bond donors (Lipinski definition) is 12. The van der Waals surface area contributed by atoms with Crippen LogP contribution in [0.15, 0.2) is 24.3 Å².